The lowest BCUT2D eigenvalue weighted by molar-refractivity contribution is 0.0946. The Labute approximate surface area is 62.7 Å². The predicted octanol–water partition coefficient (Wildman–Crippen LogP) is -0.978. The van der Waals surface area contributed by atoms with Gasteiger partial charge in [-0.25, -0.2) is 10.8 Å². The van der Waals surface area contributed by atoms with E-state index in [1.807, 2.05) is 5.43 Å². The largest absolute Gasteiger partial charge is 0.479 e. The van der Waals surface area contributed by atoms with Crippen LogP contribution in [0.15, 0.2) is 6.33 Å². The van der Waals surface area contributed by atoms with Crippen LogP contribution in [0.3, 0.4) is 0 Å². The molecule has 0 aliphatic rings. The van der Waals surface area contributed by atoms with Crippen molar-refractivity contribution < 1.29 is 9.53 Å². The molecule has 6 nitrogen and oxygen atoms in total. The van der Waals surface area contributed by atoms with E-state index >= 15 is 0 Å². The Morgan fingerprint density at radius 2 is 2.64 bits per heavy atom. The smallest absolute Gasteiger partial charge is 0.287 e. The van der Waals surface area contributed by atoms with Crippen LogP contribution in [0.4, 0.5) is 0 Å². The Morgan fingerprint density at radius 3 is 3.18 bits per heavy atom. The van der Waals surface area contributed by atoms with E-state index in [-0.39, 0.29) is 11.6 Å². The molecule has 0 aliphatic carbocycles. The fourth-order valence-electron chi connectivity index (χ4n) is 0.671. The molecule has 0 bridgehead atoms. The number of nitrogens with zero attached hydrogens (tertiary/aromatic N) is 1. The molecule has 60 valence electrons. The first-order chi connectivity index (χ1) is 5.29. The number of nitrogens with one attached hydrogen (secondary N) is 2. The molecule has 0 spiro atoms. The van der Waals surface area contributed by atoms with Crippen molar-refractivity contribution in [3.05, 3.63) is 12.0 Å². The van der Waals surface area contributed by atoms with Gasteiger partial charge in [-0.1, -0.05) is 0 Å². The van der Waals surface area contributed by atoms with Crippen LogP contribution < -0.4 is 16.0 Å². The number of imidazole rings is 1. The summed E-state index contributed by atoms with van der Waals surface area (Å²) in [5.41, 5.74) is 2.17. The Kier molecular flexibility index (Phi) is 2.07. The number of ether oxygens (including phenoxy) is 1. The quantitative estimate of drug-likeness (QED) is 0.291. The van der Waals surface area contributed by atoms with Crippen LogP contribution in [0.2, 0.25) is 0 Å². The number of carbonyl (C=O) groups excluding carboxylic acids is 1. The maximum absolute atomic E-state index is 10.9. The maximum Gasteiger partial charge on any atom is 0.287 e. The second kappa shape index (κ2) is 3.02. The van der Waals surface area contributed by atoms with Gasteiger partial charge in [0.15, 0.2) is 5.69 Å². The van der Waals surface area contributed by atoms with Gasteiger partial charge in [0.05, 0.1) is 13.4 Å². The molecular weight excluding hydrogens is 148 g/mol. The van der Waals surface area contributed by atoms with Crippen molar-refractivity contribution in [2.24, 2.45) is 5.84 Å². The van der Waals surface area contributed by atoms with E-state index in [0.29, 0.717) is 0 Å². The number of nitrogen functional groups attached to an aromatic ring is 1. The van der Waals surface area contributed by atoms with E-state index < -0.39 is 5.91 Å². The number of rotatable bonds is 2. The van der Waals surface area contributed by atoms with E-state index in [9.17, 15) is 4.79 Å². The number of hydrogen-bond donors (Lipinski definition) is 3. The molecule has 0 unspecified atom stereocenters. The summed E-state index contributed by atoms with van der Waals surface area (Å²) < 4.78 is 4.75. The van der Waals surface area contributed by atoms with Gasteiger partial charge in [0, 0.05) is 0 Å². The topological polar surface area (TPSA) is 93.0 Å². The fraction of sp³-hybridized carbons (Fsp3) is 0.200. The highest BCUT2D eigenvalue weighted by molar-refractivity contribution is 5.93. The second-order valence-corrected chi connectivity index (χ2v) is 1.76. The molecule has 11 heavy (non-hydrogen) atoms. The van der Waals surface area contributed by atoms with E-state index in [4.69, 9.17) is 10.6 Å². The highest BCUT2D eigenvalue weighted by Crippen LogP contribution is 2.09. The van der Waals surface area contributed by atoms with Gasteiger partial charge in [-0.3, -0.25) is 10.2 Å². The molecule has 0 fully saturated rings. The van der Waals surface area contributed by atoms with Crippen LogP contribution in [0.1, 0.15) is 10.5 Å². The van der Waals surface area contributed by atoms with Crippen molar-refractivity contribution >= 4 is 5.91 Å². The van der Waals surface area contributed by atoms with Crippen LogP contribution in [0.25, 0.3) is 0 Å². The van der Waals surface area contributed by atoms with E-state index in [1.165, 1.54) is 13.4 Å². The number of methoxy groups -OCH3 is 1. The van der Waals surface area contributed by atoms with Crippen LogP contribution in [0, 0.1) is 0 Å². The SMILES string of the molecule is COc1nc[nH]c1C(=O)NN. The molecular formula is C5H8N4O2. The minimum Gasteiger partial charge on any atom is -0.479 e. The molecule has 0 radical (unpaired) electrons. The standard InChI is InChI=1S/C5H8N4O2/c1-11-5-3(4(10)9-6)7-2-8-5/h2H,6H2,1H3,(H,7,8)(H,9,10). The van der Waals surface area contributed by atoms with Crippen LogP contribution >= 0.6 is 0 Å². The summed E-state index contributed by atoms with van der Waals surface area (Å²) in [5, 5.41) is 0. The van der Waals surface area contributed by atoms with Gasteiger partial charge in [-0.15, -0.1) is 0 Å². The Bertz CT molecular complexity index is 257. The molecule has 0 saturated heterocycles. The Hall–Kier alpha value is -1.56. The minimum atomic E-state index is -0.459. The normalized spacial score (nSPS) is 9.27. The lowest BCUT2D eigenvalue weighted by Gasteiger charge is -1.97. The molecule has 1 aromatic rings. The zero-order valence-corrected chi connectivity index (χ0v) is 5.92. The van der Waals surface area contributed by atoms with E-state index in [1.54, 1.807) is 0 Å². The van der Waals surface area contributed by atoms with Gasteiger partial charge in [-0.2, -0.15) is 0 Å². The van der Waals surface area contributed by atoms with Crippen molar-refractivity contribution in [2.45, 2.75) is 0 Å². The van der Waals surface area contributed by atoms with Crippen molar-refractivity contribution in [1.29, 1.82) is 0 Å². The summed E-state index contributed by atoms with van der Waals surface area (Å²) in [4.78, 5) is 17.2. The van der Waals surface area contributed by atoms with Crippen molar-refractivity contribution in [1.82, 2.24) is 15.4 Å². The number of aromatic nitrogens is 2. The van der Waals surface area contributed by atoms with Crippen molar-refractivity contribution in [2.75, 3.05) is 7.11 Å². The average Bonchev–Trinajstić information content (AvgIpc) is 2.50. The third kappa shape index (κ3) is 1.30. The third-order valence-electron chi connectivity index (χ3n) is 1.16. The minimum absolute atomic E-state index is 0.218. The van der Waals surface area contributed by atoms with Gasteiger partial charge in [0.25, 0.3) is 5.91 Å². The van der Waals surface area contributed by atoms with Gasteiger partial charge in [0.1, 0.15) is 0 Å². The molecule has 4 N–H and O–H groups in total. The summed E-state index contributed by atoms with van der Waals surface area (Å²) >= 11 is 0. The maximum atomic E-state index is 10.9. The number of hydrogen-bond acceptors (Lipinski definition) is 4. The Morgan fingerprint density at radius 1 is 1.91 bits per heavy atom. The lowest BCUT2D eigenvalue weighted by atomic mass is 10.4. The number of amides is 1. The predicted molar refractivity (Wildman–Crippen MR) is 36.8 cm³/mol. The highest BCUT2D eigenvalue weighted by atomic mass is 16.5. The van der Waals surface area contributed by atoms with Crippen molar-refractivity contribution in [3.63, 3.8) is 0 Å². The van der Waals surface area contributed by atoms with Crippen molar-refractivity contribution in [3.8, 4) is 5.88 Å². The summed E-state index contributed by atoms with van der Waals surface area (Å²) in [7, 11) is 1.42. The molecule has 0 atom stereocenters. The molecule has 1 heterocycles. The monoisotopic (exact) mass is 156 g/mol. The number of hydrazine groups is 1. The Balaban J connectivity index is 2.92. The van der Waals surface area contributed by atoms with Crippen LogP contribution in [0.5, 0.6) is 5.88 Å². The van der Waals surface area contributed by atoms with E-state index in [0.717, 1.165) is 0 Å². The molecule has 6 heteroatoms. The van der Waals surface area contributed by atoms with Gasteiger partial charge in [0.2, 0.25) is 5.88 Å². The first-order valence-electron chi connectivity index (χ1n) is 2.88. The zero-order valence-electron chi connectivity index (χ0n) is 5.92. The molecule has 1 rings (SSSR count). The summed E-state index contributed by atoms with van der Waals surface area (Å²) in [6.07, 6.45) is 1.35. The average molecular weight is 156 g/mol. The molecule has 0 aliphatic heterocycles. The zero-order chi connectivity index (χ0) is 8.27. The second-order valence-electron chi connectivity index (χ2n) is 1.76. The van der Waals surface area contributed by atoms with Crippen LogP contribution in [-0.4, -0.2) is 23.0 Å². The number of nitrogens with two attached hydrogens (primary N) is 1. The highest BCUT2D eigenvalue weighted by Gasteiger charge is 2.12. The number of aromatic amines is 1. The first kappa shape index (κ1) is 7.55. The number of H-pyrrole nitrogens is 1. The molecule has 1 amide bonds. The molecule has 0 saturated carbocycles. The first-order valence-corrected chi connectivity index (χ1v) is 2.88. The lowest BCUT2D eigenvalue weighted by Crippen LogP contribution is -2.30. The van der Waals surface area contributed by atoms with E-state index in [2.05, 4.69) is 9.97 Å². The van der Waals surface area contributed by atoms with Gasteiger partial charge in [-0.05, 0) is 0 Å². The van der Waals surface area contributed by atoms with Gasteiger partial charge >= 0.3 is 0 Å². The molecule has 1 aromatic heterocycles. The summed E-state index contributed by atoms with van der Waals surface area (Å²) in [6, 6.07) is 0. The summed E-state index contributed by atoms with van der Waals surface area (Å²) in [5.74, 6) is 4.65. The summed E-state index contributed by atoms with van der Waals surface area (Å²) in [6.45, 7) is 0. The third-order valence-corrected chi connectivity index (χ3v) is 1.16. The molecule has 0 aromatic carbocycles. The van der Waals surface area contributed by atoms with Gasteiger partial charge < -0.3 is 9.72 Å². The fourth-order valence-corrected chi connectivity index (χ4v) is 0.671. The van der Waals surface area contributed by atoms with Crippen LogP contribution in [-0.2, 0) is 0 Å². The number of carbonyl (C=O) groups is 1.